The van der Waals surface area contributed by atoms with Crippen LogP contribution in [0.15, 0.2) is 28.7 Å². The summed E-state index contributed by atoms with van der Waals surface area (Å²) in [6.45, 7) is 1.65. The van der Waals surface area contributed by atoms with E-state index in [2.05, 4.69) is 26.1 Å². The first-order valence-electron chi connectivity index (χ1n) is 6.36. The van der Waals surface area contributed by atoms with Crippen LogP contribution in [0.2, 0.25) is 0 Å². The second-order valence-corrected chi connectivity index (χ2v) is 8.12. The van der Waals surface area contributed by atoms with Gasteiger partial charge in [0.2, 0.25) is 0 Å². The molecule has 0 saturated carbocycles. The van der Waals surface area contributed by atoms with Crippen molar-refractivity contribution in [2.45, 2.75) is 12.5 Å². The fourth-order valence-electron chi connectivity index (χ4n) is 2.28. The zero-order valence-electron chi connectivity index (χ0n) is 11.0. The summed E-state index contributed by atoms with van der Waals surface area (Å²) in [5, 5.41) is 3.34. The van der Waals surface area contributed by atoms with Crippen molar-refractivity contribution in [1.82, 2.24) is 4.90 Å². The van der Waals surface area contributed by atoms with Gasteiger partial charge < -0.3 is 10.2 Å². The largest absolute Gasteiger partial charge is 0.384 e. The lowest BCUT2D eigenvalue weighted by Gasteiger charge is -2.23. The van der Waals surface area contributed by atoms with Crippen molar-refractivity contribution in [3.05, 3.63) is 28.7 Å². The van der Waals surface area contributed by atoms with E-state index < -0.39 is 9.84 Å². The molecule has 1 atom stereocenters. The molecular formula is C13H19BrN2O2S. The number of nitrogens with zero attached hydrogens (tertiary/aromatic N) is 1. The second kappa shape index (κ2) is 6.24. The summed E-state index contributed by atoms with van der Waals surface area (Å²) in [5.74, 6) is 0.640. The molecule has 0 bridgehead atoms. The highest BCUT2D eigenvalue weighted by Gasteiger charge is 2.30. The Morgan fingerprint density at radius 1 is 1.47 bits per heavy atom. The summed E-state index contributed by atoms with van der Waals surface area (Å²) < 4.78 is 23.9. The van der Waals surface area contributed by atoms with Gasteiger partial charge in [-0.1, -0.05) is 22.0 Å². The van der Waals surface area contributed by atoms with Crippen LogP contribution in [0.25, 0.3) is 0 Å². The van der Waals surface area contributed by atoms with Crippen LogP contribution in [-0.4, -0.2) is 51.0 Å². The molecular weight excluding hydrogens is 328 g/mol. The monoisotopic (exact) mass is 346 g/mol. The number of benzene rings is 1. The minimum absolute atomic E-state index is 0.175. The Morgan fingerprint density at radius 2 is 2.26 bits per heavy atom. The minimum Gasteiger partial charge on any atom is -0.384 e. The highest BCUT2D eigenvalue weighted by atomic mass is 79.9. The normalized spacial score (nSPS) is 21.7. The number of hydrogen-bond donors (Lipinski definition) is 1. The third-order valence-corrected chi connectivity index (χ3v) is 5.69. The van der Waals surface area contributed by atoms with E-state index in [4.69, 9.17) is 0 Å². The maximum Gasteiger partial charge on any atom is 0.151 e. The van der Waals surface area contributed by atoms with E-state index in [1.165, 1.54) is 0 Å². The summed E-state index contributed by atoms with van der Waals surface area (Å²) in [6, 6.07) is 8.19. The predicted molar refractivity (Wildman–Crippen MR) is 82.3 cm³/mol. The molecule has 19 heavy (non-hydrogen) atoms. The van der Waals surface area contributed by atoms with Crippen LogP contribution in [0.4, 0.5) is 5.69 Å². The molecule has 0 spiro atoms. The smallest absolute Gasteiger partial charge is 0.151 e. The predicted octanol–water partition coefficient (Wildman–Crippen LogP) is 1.98. The number of likely N-dealkylation sites (N-methyl/N-ethyl adjacent to an activating group) is 1. The van der Waals surface area contributed by atoms with Gasteiger partial charge in [-0.3, -0.25) is 0 Å². The van der Waals surface area contributed by atoms with Crippen molar-refractivity contribution in [1.29, 1.82) is 0 Å². The molecule has 1 fully saturated rings. The van der Waals surface area contributed by atoms with Gasteiger partial charge in [0.25, 0.3) is 0 Å². The van der Waals surface area contributed by atoms with Gasteiger partial charge in [-0.15, -0.1) is 0 Å². The van der Waals surface area contributed by atoms with Gasteiger partial charge in [-0.25, -0.2) is 8.42 Å². The third kappa shape index (κ3) is 4.47. The van der Waals surface area contributed by atoms with E-state index in [9.17, 15) is 8.42 Å². The lowest BCUT2D eigenvalue weighted by molar-refractivity contribution is 0.272. The van der Waals surface area contributed by atoms with Crippen LogP contribution < -0.4 is 5.32 Å². The summed E-state index contributed by atoms with van der Waals surface area (Å²) in [5.41, 5.74) is 1.07. The molecule has 1 unspecified atom stereocenters. The molecule has 6 heteroatoms. The highest BCUT2D eigenvalue weighted by Crippen LogP contribution is 2.17. The van der Waals surface area contributed by atoms with Crippen molar-refractivity contribution >= 4 is 31.5 Å². The van der Waals surface area contributed by atoms with E-state index in [1.54, 1.807) is 0 Å². The quantitative estimate of drug-likeness (QED) is 0.885. The van der Waals surface area contributed by atoms with Crippen molar-refractivity contribution in [3.8, 4) is 0 Å². The molecule has 0 amide bonds. The van der Waals surface area contributed by atoms with Crippen LogP contribution in [0.5, 0.6) is 0 Å². The Morgan fingerprint density at radius 3 is 2.89 bits per heavy atom. The molecule has 1 aromatic carbocycles. The third-order valence-electron chi connectivity index (χ3n) is 3.45. The molecule has 1 aromatic rings. The van der Waals surface area contributed by atoms with Gasteiger partial charge in [0, 0.05) is 29.3 Å². The topological polar surface area (TPSA) is 49.4 Å². The molecule has 0 aliphatic carbocycles. The first kappa shape index (κ1) is 14.8. The molecule has 1 aliphatic rings. The molecule has 0 radical (unpaired) electrons. The zero-order valence-corrected chi connectivity index (χ0v) is 13.4. The standard InChI is InChI=1S/C13H19BrN2O2S/c1-16(13-5-8-19(17,18)10-13)7-6-15-12-4-2-3-11(14)9-12/h2-4,9,13,15H,5-8,10H2,1H3. The van der Waals surface area contributed by atoms with Gasteiger partial charge in [-0.05, 0) is 31.7 Å². The van der Waals surface area contributed by atoms with E-state index >= 15 is 0 Å². The van der Waals surface area contributed by atoms with Gasteiger partial charge in [-0.2, -0.15) is 0 Å². The Labute approximate surface area is 123 Å². The maximum atomic E-state index is 11.4. The average Bonchev–Trinajstić information content (AvgIpc) is 2.70. The Balaban J connectivity index is 1.77. The van der Waals surface area contributed by atoms with Crippen molar-refractivity contribution in [3.63, 3.8) is 0 Å². The van der Waals surface area contributed by atoms with Crippen LogP contribution in [0.1, 0.15) is 6.42 Å². The maximum absolute atomic E-state index is 11.4. The number of anilines is 1. The molecule has 106 valence electrons. The molecule has 2 rings (SSSR count). The zero-order chi connectivity index (χ0) is 13.9. The molecule has 1 heterocycles. The lowest BCUT2D eigenvalue weighted by Crippen LogP contribution is -2.36. The first-order chi connectivity index (χ1) is 8.96. The van der Waals surface area contributed by atoms with Crippen molar-refractivity contribution in [2.75, 3.05) is 37.0 Å². The van der Waals surface area contributed by atoms with Crippen LogP contribution >= 0.6 is 15.9 Å². The fourth-order valence-corrected chi connectivity index (χ4v) is 4.49. The average molecular weight is 347 g/mol. The summed E-state index contributed by atoms with van der Waals surface area (Å²) >= 11 is 3.43. The Kier molecular flexibility index (Phi) is 4.86. The Bertz CT molecular complexity index is 533. The molecule has 1 aliphatic heterocycles. The number of hydrogen-bond acceptors (Lipinski definition) is 4. The molecule has 1 saturated heterocycles. The second-order valence-electron chi connectivity index (χ2n) is 4.97. The van der Waals surface area contributed by atoms with Gasteiger partial charge in [0.15, 0.2) is 9.84 Å². The number of sulfone groups is 1. The molecule has 4 nitrogen and oxygen atoms in total. The van der Waals surface area contributed by atoms with Crippen LogP contribution in [0, 0.1) is 0 Å². The lowest BCUT2D eigenvalue weighted by atomic mass is 10.2. The molecule has 1 N–H and O–H groups in total. The van der Waals surface area contributed by atoms with Gasteiger partial charge in [0.1, 0.15) is 0 Å². The summed E-state index contributed by atoms with van der Waals surface area (Å²) in [4.78, 5) is 2.13. The van der Waals surface area contributed by atoms with Gasteiger partial charge in [0.05, 0.1) is 11.5 Å². The Hall–Kier alpha value is -0.590. The van der Waals surface area contributed by atoms with Crippen molar-refractivity contribution in [2.24, 2.45) is 0 Å². The summed E-state index contributed by atoms with van der Waals surface area (Å²) in [6.07, 6.45) is 0.760. The van der Waals surface area contributed by atoms with E-state index in [1.807, 2.05) is 31.3 Å². The van der Waals surface area contributed by atoms with E-state index in [-0.39, 0.29) is 6.04 Å². The number of rotatable bonds is 5. The minimum atomic E-state index is -2.79. The van der Waals surface area contributed by atoms with Crippen LogP contribution in [-0.2, 0) is 9.84 Å². The number of halogens is 1. The SMILES string of the molecule is CN(CCNc1cccc(Br)c1)C1CCS(=O)(=O)C1. The summed E-state index contributed by atoms with van der Waals surface area (Å²) in [7, 11) is -0.797. The number of nitrogens with one attached hydrogen (secondary N) is 1. The molecule has 0 aromatic heterocycles. The first-order valence-corrected chi connectivity index (χ1v) is 8.98. The van der Waals surface area contributed by atoms with Crippen LogP contribution in [0.3, 0.4) is 0 Å². The van der Waals surface area contributed by atoms with E-state index in [0.717, 1.165) is 29.7 Å². The van der Waals surface area contributed by atoms with Gasteiger partial charge >= 0.3 is 0 Å². The fraction of sp³-hybridized carbons (Fsp3) is 0.538. The van der Waals surface area contributed by atoms with Crippen molar-refractivity contribution < 1.29 is 8.42 Å². The van der Waals surface area contributed by atoms with E-state index in [0.29, 0.717) is 11.5 Å². The highest BCUT2D eigenvalue weighted by molar-refractivity contribution is 9.10.